The standard InChI is InChI=1S/C18H17F2NO4/c1-24-11-18(23)9-21(10-18)17(22)12-7-14(19)16(15(20)8-12)25-13-5-3-2-4-6-13/h2-8,23H,9-11H2,1H3. The Morgan fingerprint density at radius 3 is 2.36 bits per heavy atom. The summed E-state index contributed by atoms with van der Waals surface area (Å²) in [7, 11) is 1.44. The predicted octanol–water partition coefficient (Wildman–Crippen LogP) is 2.59. The van der Waals surface area contributed by atoms with Gasteiger partial charge in [-0.05, 0) is 24.3 Å². The summed E-state index contributed by atoms with van der Waals surface area (Å²) >= 11 is 0. The van der Waals surface area contributed by atoms with Gasteiger partial charge in [-0.15, -0.1) is 0 Å². The molecule has 1 fully saturated rings. The van der Waals surface area contributed by atoms with Crippen molar-refractivity contribution < 1.29 is 28.2 Å². The molecule has 3 rings (SSSR count). The molecule has 5 nitrogen and oxygen atoms in total. The van der Waals surface area contributed by atoms with Gasteiger partial charge in [0.25, 0.3) is 5.91 Å². The van der Waals surface area contributed by atoms with Crippen molar-refractivity contribution in [3.63, 3.8) is 0 Å². The molecule has 2 aromatic carbocycles. The van der Waals surface area contributed by atoms with E-state index in [1.54, 1.807) is 30.3 Å². The minimum Gasteiger partial charge on any atom is -0.451 e. The molecular weight excluding hydrogens is 332 g/mol. The van der Waals surface area contributed by atoms with E-state index < -0.39 is 28.9 Å². The average Bonchev–Trinajstić information content (AvgIpc) is 2.56. The first kappa shape index (κ1) is 17.3. The monoisotopic (exact) mass is 349 g/mol. The first-order chi connectivity index (χ1) is 11.9. The Kier molecular flexibility index (Phi) is 4.69. The SMILES string of the molecule is COCC1(O)CN(C(=O)c2cc(F)c(Oc3ccccc3)c(F)c2)C1. The van der Waals surface area contributed by atoms with Gasteiger partial charge in [0, 0.05) is 12.7 Å². The fourth-order valence-electron chi connectivity index (χ4n) is 2.74. The summed E-state index contributed by atoms with van der Waals surface area (Å²) in [5.74, 6) is -2.79. The second-order valence-corrected chi connectivity index (χ2v) is 6.00. The van der Waals surface area contributed by atoms with Crippen LogP contribution in [0.5, 0.6) is 11.5 Å². The molecule has 2 aromatic rings. The van der Waals surface area contributed by atoms with Crippen molar-refractivity contribution in [1.82, 2.24) is 4.90 Å². The molecule has 1 saturated heterocycles. The number of nitrogens with zero attached hydrogens (tertiary/aromatic N) is 1. The fraction of sp³-hybridized carbons (Fsp3) is 0.278. The molecular formula is C18H17F2NO4. The van der Waals surface area contributed by atoms with Crippen LogP contribution in [0.4, 0.5) is 8.78 Å². The van der Waals surface area contributed by atoms with Crippen LogP contribution in [0.3, 0.4) is 0 Å². The number of aliphatic hydroxyl groups is 1. The van der Waals surface area contributed by atoms with Gasteiger partial charge < -0.3 is 19.5 Å². The quantitative estimate of drug-likeness (QED) is 0.901. The van der Waals surface area contributed by atoms with E-state index in [-0.39, 0.29) is 31.0 Å². The zero-order valence-electron chi connectivity index (χ0n) is 13.5. The van der Waals surface area contributed by atoms with Crippen LogP contribution in [-0.4, -0.2) is 48.3 Å². The van der Waals surface area contributed by atoms with E-state index in [4.69, 9.17) is 9.47 Å². The molecule has 132 valence electrons. The molecule has 0 aromatic heterocycles. The van der Waals surface area contributed by atoms with E-state index in [0.717, 1.165) is 12.1 Å². The van der Waals surface area contributed by atoms with Crippen LogP contribution in [0.15, 0.2) is 42.5 Å². The lowest BCUT2D eigenvalue weighted by Gasteiger charge is -2.45. The molecule has 1 heterocycles. The van der Waals surface area contributed by atoms with Gasteiger partial charge in [0.1, 0.15) is 11.4 Å². The van der Waals surface area contributed by atoms with E-state index in [0.29, 0.717) is 0 Å². The van der Waals surface area contributed by atoms with Gasteiger partial charge in [-0.3, -0.25) is 4.79 Å². The highest BCUT2D eigenvalue weighted by atomic mass is 19.1. The Balaban J connectivity index is 1.75. The average molecular weight is 349 g/mol. The number of halogens is 2. The Hall–Kier alpha value is -2.51. The third kappa shape index (κ3) is 3.62. The van der Waals surface area contributed by atoms with E-state index in [9.17, 15) is 18.7 Å². The van der Waals surface area contributed by atoms with E-state index >= 15 is 0 Å². The van der Waals surface area contributed by atoms with Crippen molar-refractivity contribution in [3.05, 3.63) is 59.7 Å². The van der Waals surface area contributed by atoms with Crippen LogP contribution in [0.25, 0.3) is 0 Å². The summed E-state index contributed by atoms with van der Waals surface area (Å²) in [5, 5.41) is 10.0. The highest BCUT2D eigenvalue weighted by Crippen LogP contribution is 2.30. The fourth-order valence-corrected chi connectivity index (χ4v) is 2.74. The molecule has 0 radical (unpaired) electrons. The van der Waals surface area contributed by atoms with Gasteiger partial charge in [-0.2, -0.15) is 0 Å². The molecule has 1 amide bonds. The third-order valence-electron chi connectivity index (χ3n) is 3.88. The lowest BCUT2D eigenvalue weighted by molar-refractivity contribution is -0.117. The number of para-hydroxylation sites is 1. The molecule has 1 aliphatic rings. The second-order valence-electron chi connectivity index (χ2n) is 6.00. The maximum Gasteiger partial charge on any atom is 0.254 e. The number of hydrogen-bond donors (Lipinski definition) is 1. The van der Waals surface area contributed by atoms with Crippen molar-refractivity contribution in [3.8, 4) is 11.5 Å². The Morgan fingerprint density at radius 1 is 1.20 bits per heavy atom. The highest BCUT2D eigenvalue weighted by Gasteiger charge is 2.44. The summed E-state index contributed by atoms with van der Waals surface area (Å²) in [6.45, 7) is 0.180. The lowest BCUT2D eigenvalue weighted by Crippen LogP contribution is -2.65. The number of carbonyl (C=O) groups is 1. The molecule has 1 aliphatic heterocycles. The van der Waals surface area contributed by atoms with Crippen LogP contribution < -0.4 is 4.74 Å². The van der Waals surface area contributed by atoms with Crippen LogP contribution in [-0.2, 0) is 4.74 Å². The molecule has 1 N–H and O–H groups in total. The minimum absolute atomic E-state index is 0.0468. The van der Waals surface area contributed by atoms with Crippen molar-refractivity contribution in [2.75, 3.05) is 26.8 Å². The van der Waals surface area contributed by atoms with Crippen molar-refractivity contribution in [2.24, 2.45) is 0 Å². The predicted molar refractivity (Wildman–Crippen MR) is 85.6 cm³/mol. The number of likely N-dealkylation sites (tertiary alicyclic amines) is 1. The lowest BCUT2D eigenvalue weighted by atomic mass is 9.94. The van der Waals surface area contributed by atoms with Crippen molar-refractivity contribution in [1.29, 1.82) is 0 Å². The molecule has 7 heteroatoms. The number of ether oxygens (including phenoxy) is 2. The summed E-state index contributed by atoms with van der Waals surface area (Å²) in [6, 6.07) is 10.1. The normalized spacial score (nSPS) is 15.6. The number of amides is 1. The van der Waals surface area contributed by atoms with Gasteiger partial charge in [0.05, 0.1) is 19.7 Å². The van der Waals surface area contributed by atoms with Crippen molar-refractivity contribution >= 4 is 5.91 Å². The zero-order valence-corrected chi connectivity index (χ0v) is 13.5. The van der Waals surface area contributed by atoms with Gasteiger partial charge in [-0.1, -0.05) is 18.2 Å². The van der Waals surface area contributed by atoms with Gasteiger partial charge >= 0.3 is 0 Å². The first-order valence-electron chi connectivity index (χ1n) is 7.64. The number of benzene rings is 2. The van der Waals surface area contributed by atoms with Crippen molar-refractivity contribution in [2.45, 2.75) is 5.60 Å². The Morgan fingerprint density at radius 2 is 1.80 bits per heavy atom. The Labute approximate surface area is 143 Å². The van der Waals surface area contributed by atoms with Gasteiger partial charge in [-0.25, -0.2) is 8.78 Å². The molecule has 0 unspecified atom stereocenters. The molecule has 0 saturated carbocycles. The second kappa shape index (κ2) is 6.78. The summed E-state index contributed by atoms with van der Waals surface area (Å²) < 4.78 is 38.5. The van der Waals surface area contributed by atoms with Crippen LogP contribution in [0, 0.1) is 11.6 Å². The van der Waals surface area contributed by atoms with Crippen LogP contribution >= 0.6 is 0 Å². The number of hydrogen-bond acceptors (Lipinski definition) is 4. The van der Waals surface area contributed by atoms with Gasteiger partial charge in [0.15, 0.2) is 17.4 Å². The molecule has 0 aliphatic carbocycles. The smallest absolute Gasteiger partial charge is 0.254 e. The Bertz CT molecular complexity index is 753. The summed E-state index contributed by atoms with van der Waals surface area (Å²) in [6.07, 6.45) is 0. The van der Waals surface area contributed by atoms with Crippen LogP contribution in [0.1, 0.15) is 10.4 Å². The molecule has 0 bridgehead atoms. The minimum atomic E-state index is -1.11. The molecule has 0 atom stereocenters. The maximum absolute atomic E-state index is 14.2. The summed E-state index contributed by atoms with van der Waals surface area (Å²) in [4.78, 5) is 13.6. The molecule has 25 heavy (non-hydrogen) atoms. The highest BCUT2D eigenvalue weighted by molar-refractivity contribution is 5.95. The number of carbonyl (C=O) groups excluding carboxylic acids is 1. The maximum atomic E-state index is 14.2. The third-order valence-corrected chi connectivity index (χ3v) is 3.88. The molecule has 0 spiro atoms. The van der Waals surface area contributed by atoms with Gasteiger partial charge in [0.2, 0.25) is 0 Å². The van der Waals surface area contributed by atoms with E-state index in [2.05, 4.69) is 0 Å². The largest absolute Gasteiger partial charge is 0.451 e. The van der Waals surface area contributed by atoms with E-state index in [1.807, 2.05) is 0 Å². The van der Waals surface area contributed by atoms with Crippen LogP contribution in [0.2, 0.25) is 0 Å². The topological polar surface area (TPSA) is 59.0 Å². The number of β-amino-alcohol motifs (C(OH)–C–C–N with tert-alkyl or cyclic N) is 1. The zero-order chi connectivity index (χ0) is 18.0. The summed E-state index contributed by atoms with van der Waals surface area (Å²) in [5.41, 5.74) is -1.26. The number of methoxy groups -OCH3 is 1. The first-order valence-corrected chi connectivity index (χ1v) is 7.64. The number of rotatable bonds is 5. The van der Waals surface area contributed by atoms with E-state index in [1.165, 1.54) is 12.0 Å².